The van der Waals surface area contributed by atoms with Crippen molar-refractivity contribution in [2.24, 2.45) is 4.99 Å². The van der Waals surface area contributed by atoms with E-state index in [1.54, 1.807) is 6.26 Å². The second kappa shape index (κ2) is 10.1. The van der Waals surface area contributed by atoms with Crippen LogP contribution in [-0.2, 0) is 6.54 Å². The lowest BCUT2D eigenvalue weighted by molar-refractivity contribution is 0.119. The van der Waals surface area contributed by atoms with Crippen LogP contribution in [0.25, 0.3) is 0 Å². The summed E-state index contributed by atoms with van der Waals surface area (Å²) in [5.74, 6) is 0.909. The number of hydrogen-bond acceptors (Lipinski definition) is 5. The van der Waals surface area contributed by atoms with Crippen molar-refractivity contribution < 1.29 is 4.52 Å². The van der Waals surface area contributed by atoms with Gasteiger partial charge in [0.15, 0.2) is 5.96 Å². The Balaban J connectivity index is 0.00000264. The van der Waals surface area contributed by atoms with Gasteiger partial charge in [0.1, 0.15) is 12.0 Å². The van der Waals surface area contributed by atoms with Crippen LogP contribution in [0.3, 0.4) is 0 Å². The van der Waals surface area contributed by atoms with Crippen molar-refractivity contribution in [3.05, 3.63) is 18.0 Å². The van der Waals surface area contributed by atoms with Crippen LogP contribution < -0.4 is 5.32 Å². The van der Waals surface area contributed by atoms with Crippen LogP contribution in [0.1, 0.15) is 12.6 Å². The van der Waals surface area contributed by atoms with Gasteiger partial charge in [0.2, 0.25) is 0 Å². The number of nitrogens with one attached hydrogen (secondary N) is 1. The van der Waals surface area contributed by atoms with E-state index in [0.717, 1.165) is 44.4 Å². The zero-order valence-corrected chi connectivity index (χ0v) is 16.9. The molecule has 2 heterocycles. The SMILES string of the molecule is CCNC(=NCC1CN(C)CCN1C)N(C)Cc1ccon1.I. The Morgan fingerprint density at radius 3 is 2.91 bits per heavy atom. The van der Waals surface area contributed by atoms with Crippen molar-refractivity contribution in [2.75, 3.05) is 53.9 Å². The van der Waals surface area contributed by atoms with Gasteiger partial charge in [-0.05, 0) is 21.0 Å². The monoisotopic (exact) mass is 436 g/mol. The van der Waals surface area contributed by atoms with E-state index >= 15 is 0 Å². The maximum absolute atomic E-state index is 4.89. The fourth-order valence-electron chi connectivity index (χ4n) is 2.60. The summed E-state index contributed by atoms with van der Waals surface area (Å²) in [6.45, 7) is 7.70. The van der Waals surface area contributed by atoms with Gasteiger partial charge in [-0.1, -0.05) is 5.16 Å². The van der Waals surface area contributed by atoms with Crippen molar-refractivity contribution in [1.82, 2.24) is 25.2 Å². The lowest BCUT2D eigenvalue weighted by Crippen LogP contribution is -2.51. The van der Waals surface area contributed by atoms with Gasteiger partial charge in [0, 0.05) is 45.3 Å². The number of likely N-dealkylation sites (N-methyl/N-ethyl adjacent to an activating group) is 2. The quantitative estimate of drug-likeness (QED) is 0.421. The summed E-state index contributed by atoms with van der Waals surface area (Å²) in [7, 11) is 6.37. The number of halogens is 1. The first-order valence-electron chi connectivity index (χ1n) is 7.87. The predicted molar refractivity (Wildman–Crippen MR) is 103 cm³/mol. The molecule has 0 saturated carbocycles. The molecule has 1 aromatic rings. The Morgan fingerprint density at radius 2 is 2.26 bits per heavy atom. The molecule has 1 N–H and O–H groups in total. The molecule has 23 heavy (non-hydrogen) atoms. The third-order valence-corrected chi connectivity index (χ3v) is 4.02. The Bertz CT molecular complexity index is 467. The summed E-state index contributed by atoms with van der Waals surface area (Å²) in [5.41, 5.74) is 0.905. The molecule has 0 radical (unpaired) electrons. The molecule has 0 amide bonds. The van der Waals surface area contributed by atoms with Gasteiger partial charge >= 0.3 is 0 Å². The average molecular weight is 436 g/mol. The normalized spacial score (nSPS) is 20.2. The van der Waals surface area contributed by atoms with E-state index in [9.17, 15) is 0 Å². The summed E-state index contributed by atoms with van der Waals surface area (Å²) in [6.07, 6.45) is 1.60. The first-order valence-corrected chi connectivity index (χ1v) is 7.87. The predicted octanol–water partition coefficient (Wildman–Crippen LogP) is 0.936. The number of hydrogen-bond donors (Lipinski definition) is 1. The van der Waals surface area contributed by atoms with E-state index in [1.165, 1.54) is 0 Å². The molecule has 0 aliphatic carbocycles. The maximum Gasteiger partial charge on any atom is 0.194 e. The van der Waals surface area contributed by atoms with E-state index in [2.05, 4.69) is 46.2 Å². The molecule has 2 rings (SSSR count). The number of aliphatic imine (C=N–C) groups is 1. The highest BCUT2D eigenvalue weighted by molar-refractivity contribution is 14.0. The van der Waals surface area contributed by atoms with Crippen LogP contribution in [0.5, 0.6) is 0 Å². The fourth-order valence-corrected chi connectivity index (χ4v) is 2.60. The van der Waals surface area contributed by atoms with Gasteiger partial charge in [-0.2, -0.15) is 0 Å². The van der Waals surface area contributed by atoms with Gasteiger partial charge in [-0.25, -0.2) is 0 Å². The molecule has 1 unspecified atom stereocenters. The molecule has 1 atom stereocenters. The van der Waals surface area contributed by atoms with Gasteiger partial charge in [-0.3, -0.25) is 9.89 Å². The maximum atomic E-state index is 4.89. The summed E-state index contributed by atoms with van der Waals surface area (Å²) in [5, 5.41) is 7.30. The van der Waals surface area contributed by atoms with Crippen LogP contribution in [0.2, 0.25) is 0 Å². The van der Waals surface area contributed by atoms with E-state index in [-0.39, 0.29) is 24.0 Å². The van der Waals surface area contributed by atoms with Gasteiger partial charge < -0.3 is 19.6 Å². The molecular formula is C15H29IN6O. The van der Waals surface area contributed by atoms with Crippen molar-refractivity contribution in [2.45, 2.75) is 19.5 Å². The lowest BCUT2D eigenvalue weighted by Gasteiger charge is -2.37. The molecule has 0 aromatic carbocycles. The van der Waals surface area contributed by atoms with Crippen LogP contribution in [0.4, 0.5) is 0 Å². The molecule has 1 aromatic heterocycles. The smallest absolute Gasteiger partial charge is 0.194 e. The van der Waals surface area contributed by atoms with Gasteiger partial charge in [0.25, 0.3) is 0 Å². The summed E-state index contributed by atoms with van der Waals surface area (Å²) >= 11 is 0. The second-order valence-corrected chi connectivity index (χ2v) is 5.94. The third-order valence-electron chi connectivity index (χ3n) is 4.02. The van der Waals surface area contributed by atoms with Crippen LogP contribution in [0, 0.1) is 0 Å². The summed E-state index contributed by atoms with van der Waals surface area (Å²) < 4.78 is 4.89. The zero-order chi connectivity index (χ0) is 15.9. The minimum absolute atomic E-state index is 0. The van der Waals surface area contributed by atoms with E-state index in [0.29, 0.717) is 12.6 Å². The second-order valence-electron chi connectivity index (χ2n) is 5.94. The number of nitrogens with zero attached hydrogens (tertiary/aromatic N) is 5. The minimum atomic E-state index is 0. The zero-order valence-electron chi connectivity index (χ0n) is 14.5. The van der Waals surface area contributed by atoms with Crippen molar-refractivity contribution in [3.63, 3.8) is 0 Å². The highest BCUT2D eigenvalue weighted by Crippen LogP contribution is 2.07. The van der Waals surface area contributed by atoms with Crippen molar-refractivity contribution >= 4 is 29.9 Å². The lowest BCUT2D eigenvalue weighted by atomic mass is 10.2. The largest absolute Gasteiger partial charge is 0.364 e. The number of aromatic nitrogens is 1. The standard InChI is InChI=1S/C15H28N6O.HI/c1-5-16-15(21(4)11-13-6-9-22-18-13)17-10-14-12-19(2)7-8-20(14)3;/h6,9,14H,5,7-8,10-12H2,1-4H3,(H,16,17);1H. The first-order chi connectivity index (χ1) is 10.6. The highest BCUT2D eigenvalue weighted by Gasteiger charge is 2.22. The Morgan fingerprint density at radius 1 is 1.48 bits per heavy atom. The minimum Gasteiger partial charge on any atom is -0.364 e. The topological polar surface area (TPSA) is 60.1 Å². The molecule has 1 saturated heterocycles. The van der Waals surface area contributed by atoms with Gasteiger partial charge in [-0.15, -0.1) is 24.0 Å². The van der Waals surface area contributed by atoms with Crippen LogP contribution >= 0.6 is 24.0 Å². The molecule has 1 fully saturated rings. The Hall–Kier alpha value is -0.870. The molecule has 1 aliphatic heterocycles. The highest BCUT2D eigenvalue weighted by atomic mass is 127. The Labute approximate surface area is 156 Å². The Kier molecular flexibility index (Phi) is 8.85. The van der Waals surface area contributed by atoms with Gasteiger partial charge in [0.05, 0.1) is 13.1 Å². The van der Waals surface area contributed by atoms with Crippen LogP contribution in [-0.4, -0.2) is 85.7 Å². The molecule has 8 heteroatoms. The van der Waals surface area contributed by atoms with E-state index < -0.39 is 0 Å². The molecular weight excluding hydrogens is 407 g/mol. The fraction of sp³-hybridized carbons (Fsp3) is 0.733. The number of piperazine rings is 1. The number of guanidine groups is 1. The molecule has 1 aliphatic rings. The van der Waals surface area contributed by atoms with E-state index in [4.69, 9.17) is 9.52 Å². The molecule has 132 valence electrons. The molecule has 7 nitrogen and oxygen atoms in total. The molecule has 0 spiro atoms. The first kappa shape index (κ1) is 20.2. The average Bonchev–Trinajstić information content (AvgIpc) is 2.99. The summed E-state index contributed by atoms with van der Waals surface area (Å²) in [4.78, 5) is 11.6. The number of rotatable bonds is 5. The van der Waals surface area contributed by atoms with Crippen molar-refractivity contribution in [1.29, 1.82) is 0 Å². The van der Waals surface area contributed by atoms with Crippen LogP contribution in [0.15, 0.2) is 21.8 Å². The summed E-state index contributed by atoms with van der Waals surface area (Å²) in [6, 6.07) is 2.34. The molecule has 0 bridgehead atoms. The van der Waals surface area contributed by atoms with E-state index in [1.807, 2.05) is 13.1 Å². The third kappa shape index (κ3) is 6.27. The van der Waals surface area contributed by atoms with Crippen molar-refractivity contribution in [3.8, 4) is 0 Å².